The molecule has 1 fully saturated rings. The first kappa shape index (κ1) is 16.5. The lowest BCUT2D eigenvalue weighted by molar-refractivity contribution is -0.137. The van der Waals surface area contributed by atoms with Gasteiger partial charge >= 0.3 is 5.97 Å². The first-order chi connectivity index (χ1) is 9.13. The Hall–Kier alpha value is -0.570. The van der Waals surface area contributed by atoms with Crippen molar-refractivity contribution in [3.63, 3.8) is 0 Å². The topological polar surface area (TPSA) is 40.5 Å². The van der Waals surface area contributed by atoms with Crippen LogP contribution in [0.2, 0.25) is 0 Å². The molecule has 0 spiro atoms. The van der Waals surface area contributed by atoms with Crippen molar-refractivity contribution >= 4 is 5.97 Å². The number of rotatable bonds is 9. The number of piperidine rings is 1. The van der Waals surface area contributed by atoms with Crippen LogP contribution in [0.25, 0.3) is 0 Å². The Morgan fingerprint density at radius 3 is 2.53 bits per heavy atom. The molecule has 1 heterocycles. The molecule has 1 rings (SSSR count). The Morgan fingerprint density at radius 2 is 1.95 bits per heavy atom. The Labute approximate surface area is 118 Å². The molecule has 0 aromatic carbocycles. The molecule has 1 aliphatic rings. The van der Waals surface area contributed by atoms with E-state index >= 15 is 0 Å². The highest BCUT2D eigenvalue weighted by Gasteiger charge is 2.22. The van der Waals surface area contributed by atoms with Crippen molar-refractivity contribution in [1.82, 2.24) is 4.90 Å². The highest BCUT2D eigenvalue weighted by molar-refractivity contribution is 5.66. The van der Waals surface area contributed by atoms with E-state index in [4.69, 9.17) is 5.11 Å². The number of nitrogens with zero attached hydrogens (tertiary/aromatic N) is 1. The summed E-state index contributed by atoms with van der Waals surface area (Å²) in [5.74, 6) is -0.00800. The molecule has 19 heavy (non-hydrogen) atoms. The van der Waals surface area contributed by atoms with E-state index in [2.05, 4.69) is 18.7 Å². The van der Waals surface area contributed by atoms with Gasteiger partial charge in [-0.1, -0.05) is 32.6 Å². The fourth-order valence-corrected chi connectivity index (χ4v) is 3.06. The van der Waals surface area contributed by atoms with Crippen molar-refractivity contribution in [2.75, 3.05) is 13.1 Å². The molecule has 1 N–H and O–H groups in total. The van der Waals surface area contributed by atoms with Gasteiger partial charge < -0.3 is 10.0 Å². The van der Waals surface area contributed by atoms with Crippen LogP contribution in [-0.4, -0.2) is 35.1 Å². The summed E-state index contributed by atoms with van der Waals surface area (Å²) in [5.41, 5.74) is 0. The highest BCUT2D eigenvalue weighted by atomic mass is 16.4. The van der Waals surface area contributed by atoms with Gasteiger partial charge in [-0.25, -0.2) is 0 Å². The van der Waals surface area contributed by atoms with Crippen molar-refractivity contribution in [2.45, 2.75) is 77.7 Å². The molecule has 0 aromatic rings. The van der Waals surface area contributed by atoms with Gasteiger partial charge in [0.15, 0.2) is 0 Å². The number of likely N-dealkylation sites (tertiary alicyclic amines) is 1. The minimum absolute atomic E-state index is 0.344. The van der Waals surface area contributed by atoms with Crippen LogP contribution in [0.4, 0.5) is 0 Å². The molecule has 112 valence electrons. The summed E-state index contributed by atoms with van der Waals surface area (Å²) >= 11 is 0. The van der Waals surface area contributed by atoms with Crippen LogP contribution in [-0.2, 0) is 4.79 Å². The highest BCUT2D eigenvalue weighted by Crippen LogP contribution is 2.24. The van der Waals surface area contributed by atoms with Crippen LogP contribution >= 0.6 is 0 Å². The van der Waals surface area contributed by atoms with Gasteiger partial charge in [0.2, 0.25) is 0 Å². The average molecular weight is 269 g/mol. The van der Waals surface area contributed by atoms with E-state index < -0.39 is 5.97 Å². The Bertz CT molecular complexity index is 247. The minimum Gasteiger partial charge on any atom is -0.481 e. The second-order valence-electron chi connectivity index (χ2n) is 6.11. The van der Waals surface area contributed by atoms with Gasteiger partial charge in [-0.15, -0.1) is 0 Å². The van der Waals surface area contributed by atoms with Crippen LogP contribution in [0.1, 0.15) is 71.6 Å². The maximum absolute atomic E-state index is 10.6. The van der Waals surface area contributed by atoms with Crippen molar-refractivity contribution in [1.29, 1.82) is 0 Å². The van der Waals surface area contributed by atoms with E-state index in [1.807, 2.05) is 0 Å². The van der Waals surface area contributed by atoms with Gasteiger partial charge in [-0.3, -0.25) is 4.79 Å². The monoisotopic (exact) mass is 269 g/mol. The summed E-state index contributed by atoms with van der Waals surface area (Å²) in [4.78, 5) is 13.2. The van der Waals surface area contributed by atoms with Crippen LogP contribution < -0.4 is 0 Å². The van der Waals surface area contributed by atoms with Gasteiger partial charge in [0.1, 0.15) is 0 Å². The normalized spacial score (nSPS) is 19.5. The van der Waals surface area contributed by atoms with Crippen molar-refractivity contribution in [2.24, 2.45) is 5.92 Å². The zero-order valence-electron chi connectivity index (χ0n) is 12.7. The summed E-state index contributed by atoms with van der Waals surface area (Å²) in [7, 11) is 0. The number of carboxylic acid groups (broad SMARTS) is 1. The van der Waals surface area contributed by atoms with Crippen molar-refractivity contribution < 1.29 is 9.90 Å². The molecule has 1 aliphatic heterocycles. The molecule has 0 saturated carbocycles. The summed E-state index contributed by atoms with van der Waals surface area (Å²) in [5, 5.41) is 8.71. The van der Waals surface area contributed by atoms with Crippen molar-refractivity contribution in [3.05, 3.63) is 0 Å². The first-order valence-electron chi connectivity index (χ1n) is 8.09. The lowest BCUT2D eigenvalue weighted by atomic mass is 9.91. The lowest BCUT2D eigenvalue weighted by Gasteiger charge is -2.36. The summed E-state index contributed by atoms with van der Waals surface area (Å²) in [6.45, 7) is 6.94. The van der Waals surface area contributed by atoms with Gasteiger partial charge in [-0.2, -0.15) is 0 Å². The molecule has 1 unspecified atom stereocenters. The van der Waals surface area contributed by atoms with Gasteiger partial charge in [0, 0.05) is 12.5 Å². The number of hydrogen-bond acceptors (Lipinski definition) is 2. The van der Waals surface area contributed by atoms with E-state index in [9.17, 15) is 4.79 Å². The molecule has 3 nitrogen and oxygen atoms in total. The zero-order valence-corrected chi connectivity index (χ0v) is 12.7. The zero-order chi connectivity index (χ0) is 14.1. The third-order valence-corrected chi connectivity index (χ3v) is 4.51. The Morgan fingerprint density at radius 1 is 1.26 bits per heavy atom. The second-order valence-corrected chi connectivity index (χ2v) is 6.11. The molecule has 1 saturated heterocycles. The van der Waals surface area contributed by atoms with Crippen molar-refractivity contribution in [3.8, 4) is 0 Å². The number of aliphatic carboxylic acids is 1. The van der Waals surface area contributed by atoms with Crippen LogP contribution in [0, 0.1) is 5.92 Å². The summed E-state index contributed by atoms with van der Waals surface area (Å²) < 4.78 is 0. The third-order valence-electron chi connectivity index (χ3n) is 4.51. The van der Waals surface area contributed by atoms with E-state index in [-0.39, 0.29) is 0 Å². The largest absolute Gasteiger partial charge is 0.481 e. The molecule has 0 radical (unpaired) electrons. The third kappa shape index (κ3) is 6.95. The SMILES string of the molecule is CCCCCCC(C)N1CCC(CCC(=O)O)CC1. The number of carbonyl (C=O) groups is 1. The maximum Gasteiger partial charge on any atom is 0.303 e. The maximum atomic E-state index is 10.6. The molecular formula is C16H31NO2. The second kappa shape index (κ2) is 9.35. The van der Waals surface area contributed by atoms with E-state index in [0.29, 0.717) is 18.4 Å². The summed E-state index contributed by atoms with van der Waals surface area (Å²) in [6, 6.07) is 0.706. The summed E-state index contributed by atoms with van der Waals surface area (Å²) in [6.07, 6.45) is 10.3. The standard InChI is InChI=1S/C16H31NO2/c1-3-4-5-6-7-14(2)17-12-10-15(11-13-17)8-9-16(18)19/h14-15H,3-13H2,1-2H3,(H,18,19). The number of unbranched alkanes of at least 4 members (excludes halogenated alkanes) is 3. The molecular weight excluding hydrogens is 238 g/mol. The molecule has 0 aromatic heterocycles. The minimum atomic E-state index is -0.647. The fraction of sp³-hybridized carbons (Fsp3) is 0.938. The fourth-order valence-electron chi connectivity index (χ4n) is 3.06. The Kier molecular flexibility index (Phi) is 8.11. The molecule has 3 heteroatoms. The van der Waals surface area contributed by atoms with E-state index in [1.54, 1.807) is 0 Å². The van der Waals surface area contributed by atoms with Gasteiger partial charge in [-0.05, 0) is 51.6 Å². The van der Waals surface area contributed by atoms with Crippen LogP contribution in [0.15, 0.2) is 0 Å². The number of carboxylic acids is 1. The smallest absolute Gasteiger partial charge is 0.303 e. The van der Waals surface area contributed by atoms with E-state index in [1.165, 1.54) is 58.0 Å². The van der Waals surface area contributed by atoms with Gasteiger partial charge in [0.05, 0.1) is 0 Å². The molecule has 0 amide bonds. The van der Waals surface area contributed by atoms with Crippen LogP contribution in [0.5, 0.6) is 0 Å². The van der Waals surface area contributed by atoms with E-state index in [0.717, 1.165) is 6.42 Å². The average Bonchev–Trinajstić information content (AvgIpc) is 2.41. The predicted molar refractivity (Wildman–Crippen MR) is 79.4 cm³/mol. The molecule has 0 aliphatic carbocycles. The first-order valence-corrected chi connectivity index (χ1v) is 8.09. The Balaban J connectivity index is 2.12. The van der Waals surface area contributed by atoms with Crippen LogP contribution in [0.3, 0.4) is 0 Å². The predicted octanol–water partition coefficient (Wildman–Crippen LogP) is 3.92. The molecule has 1 atom stereocenters. The lowest BCUT2D eigenvalue weighted by Crippen LogP contribution is -2.40. The van der Waals surface area contributed by atoms with Gasteiger partial charge in [0.25, 0.3) is 0 Å². The quantitative estimate of drug-likeness (QED) is 0.645. The number of hydrogen-bond donors (Lipinski definition) is 1. The molecule has 0 bridgehead atoms.